The topological polar surface area (TPSA) is 171 Å². The number of hydrogen-bond acceptors (Lipinski definition) is 8. The minimum atomic E-state index is -1.11. The van der Waals surface area contributed by atoms with Crippen LogP contribution in [0, 0.1) is 0 Å². The molecule has 3 rings (SSSR count). The highest BCUT2D eigenvalue weighted by Crippen LogP contribution is 2.14. The number of carbonyl (C=O) groups excluding carboxylic acids is 2. The highest BCUT2D eigenvalue weighted by atomic mass is 16.4. The molecule has 28 heavy (non-hydrogen) atoms. The maximum atomic E-state index is 12.0. The molecule has 0 radical (unpaired) electrons. The van der Waals surface area contributed by atoms with Crippen LogP contribution >= 0.6 is 0 Å². The molecule has 11 heteroatoms. The van der Waals surface area contributed by atoms with Gasteiger partial charge < -0.3 is 21.5 Å². The molecule has 0 spiro atoms. The predicted octanol–water partition coefficient (Wildman–Crippen LogP) is -1.03. The number of hydrogen-bond donors (Lipinski definition) is 5. The maximum absolute atomic E-state index is 12.0. The van der Waals surface area contributed by atoms with Crippen LogP contribution in [0.1, 0.15) is 17.3 Å². The first-order chi connectivity index (χ1) is 13.3. The lowest BCUT2D eigenvalue weighted by Crippen LogP contribution is -2.52. The molecule has 2 aliphatic rings. The standard InChI is InChI=1S/C17H19N7O4/c1-8(16(27)28)21-14(25)9-2-4-10(5-3-9)19-6-11-7-20-13-12(22-11)15(26)24-17(18)23-13/h2-5,7-8,12-13,19H,6H2,1H3,(H,21,25)(H,27,28)(H3,18,23,24,26). The summed E-state index contributed by atoms with van der Waals surface area (Å²) >= 11 is 0. The van der Waals surface area contributed by atoms with Crippen LogP contribution in [0.2, 0.25) is 0 Å². The van der Waals surface area contributed by atoms with Crippen molar-refractivity contribution in [3.05, 3.63) is 29.8 Å². The number of aliphatic imine (C=N–C) groups is 3. The van der Waals surface area contributed by atoms with E-state index >= 15 is 0 Å². The molecule has 2 heterocycles. The molecule has 3 atom stereocenters. The summed E-state index contributed by atoms with van der Waals surface area (Å²) in [4.78, 5) is 47.3. The van der Waals surface area contributed by atoms with Crippen molar-refractivity contribution in [1.82, 2.24) is 10.6 Å². The van der Waals surface area contributed by atoms with Gasteiger partial charge in [-0.3, -0.25) is 29.7 Å². The second-order valence-electron chi connectivity index (χ2n) is 6.22. The van der Waals surface area contributed by atoms with Gasteiger partial charge in [0, 0.05) is 17.5 Å². The number of amides is 2. The van der Waals surface area contributed by atoms with Gasteiger partial charge in [-0.15, -0.1) is 0 Å². The van der Waals surface area contributed by atoms with Crippen LogP contribution in [0.15, 0.2) is 39.2 Å². The molecule has 0 fully saturated rings. The number of carbonyl (C=O) groups is 3. The summed E-state index contributed by atoms with van der Waals surface area (Å²) in [6.45, 7) is 1.71. The minimum Gasteiger partial charge on any atom is -0.480 e. The molecule has 146 valence electrons. The Kier molecular flexibility index (Phi) is 5.34. The summed E-state index contributed by atoms with van der Waals surface area (Å²) in [7, 11) is 0. The Morgan fingerprint density at radius 2 is 2.00 bits per heavy atom. The lowest BCUT2D eigenvalue weighted by molar-refractivity contribution is -0.138. The fourth-order valence-corrected chi connectivity index (χ4v) is 2.56. The van der Waals surface area contributed by atoms with Crippen molar-refractivity contribution >= 4 is 41.4 Å². The van der Waals surface area contributed by atoms with E-state index in [0.29, 0.717) is 17.8 Å². The predicted molar refractivity (Wildman–Crippen MR) is 103 cm³/mol. The molecular formula is C17H19N7O4. The van der Waals surface area contributed by atoms with Crippen molar-refractivity contribution < 1.29 is 19.5 Å². The third-order valence-electron chi connectivity index (χ3n) is 4.09. The third-order valence-corrected chi connectivity index (χ3v) is 4.09. The number of guanidine groups is 1. The molecule has 0 bridgehead atoms. The van der Waals surface area contributed by atoms with Crippen molar-refractivity contribution in [2.24, 2.45) is 20.7 Å². The summed E-state index contributed by atoms with van der Waals surface area (Å²) in [5.74, 6) is -1.90. The quantitative estimate of drug-likeness (QED) is 0.419. The van der Waals surface area contributed by atoms with E-state index in [-0.39, 0.29) is 11.9 Å². The number of nitrogens with one attached hydrogen (secondary N) is 3. The van der Waals surface area contributed by atoms with Gasteiger partial charge in [0.25, 0.3) is 11.8 Å². The van der Waals surface area contributed by atoms with Gasteiger partial charge in [-0.1, -0.05) is 0 Å². The van der Waals surface area contributed by atoms with Gasteiger partial charge in [0.15, 0.2) is 18.2 Å². The smallest absolute Gasteiger partial charge is 0.325 e. The maximum Gasteiger partial charge on any atom is 0.325 e. The number of rotatable bonds is 6. The van der Waals surface area contributed by atoms with Crippen LogP contribution in [0.4, 0.5) is 5.69 Å². The molecule has 2 amide bonds. The van der Waals surface area contributed by atoms with E-state index in [1.54, 1.807) is 30.5 Å². The normalized spacial score (nSPS) is 21.5. The van der Waals surface area contributed by atoms with E-state index in [2.05, 4.69) is 30.9 Å². The van der Waals surface area contributed by atoms with Crippen LogP contribution in [-0.4, -0.2) is 65.6 Å². The Morgan fingerprint density at radius 1 is 1.29 bits per heavy atom. The largest absolute Gasteiger partial charge is 0.480 e. The monoisotopic (exact) mass is 385 g/mol. The second-order valence-corrected chi connectivity index (χ2v) is 6.22. The number of aliphatic carboxylic acids is 1. The van der Waals surface area contributed by atoms with Crippen LogP contribution in [-0.2, 0) is 9.59 Å². The lowest BCUT2D eigenvalue weighted by Gasteiger charge is -2.25. The molecule has 0 aromatic heterocycles. The van der Waals surface area contributed by atoms with Crippen LogP contribution in [0.5, 0.6) is 0 Å². The summed E-state index contributed by atoms with van der Waals surface area (Å²) in [5, 5.41) is 16.8. The summed E-state index contributed by atoms with van der Waals surface area (Å²) in [6, 6.07) is 4.80. The number of carboxylic acid groups (broad SMARTS) is 1. The van der Waals surface area contributed by atoms with Gasteiger partial charge >= 0.3 is 5.97 Å². The van der Waals surface area contributed by atoms with Gasteiger partial charge in [-0.25, -0.2) is 4.99 Å². The molecule has 11 nitrogen and oxygen atoms in total. The Bertz CT molecular complexity index is 891. The molecule has 0 saturated heterocycles. The van der Waals surface area contributed by atoms with Gasteiger partial charge in [0.05, 0.1) is 12.3 Å². The van der Waals surface area contributed by atoms with E-state index < -0.39 is 30.1 Å². The van der Waals surface area contributed by atoms with Crippen molar-refractivity contribution in [2.75, 3.05) is 11.9 Å². The van der Waals surface area contributed by atoms with Crippen LogP contribution in [0.25, 0.3) is 0 Å². The summed E-state index contributed by atoms with van der Waals surface area (Å²) in [6.07, 6.45) is 0.905. The highest BCUT2D eigenvalue weighted by molar-refractivity contribution is 6.33. The van der Waals surface area contributed by atoms with Crippen molar-refractivity contribution in [2.45, 2.75) is 25.2 Å². The van der Waals surface area contributed by atoms with Gasteiger partial charge in [0.1, 0.15) is 6.04 Å². The molecule has 2 aliphatic heterocycles. The van der Waals surface area contributed by atoms with Crippen LogP contribution < -0.4 is 21.7 Å². The Balaban J connectivity index is 1.58. The molecule has 3 unspecified atom stereocenters. The summed E-state index contributed by atoms with van der Waals surface area (Å²) in [5.41, 5.74) is 7.13. The zero-order valence-electron chi connectivity index (χ0n) is 14.9. The number of fused-ring (bicyclic) bond motifs is 1. The molecule has 1 aromatic rings. The SMILES string of the molecule is CC(NC(=O)c1ccc(NCC2=NC3C(=O)NC(N)=NC3N=C2)cc1)C(=O)O. The number of carboxylic acids is 1. The number of nitrogens with two attached hydrogens (primary N) is 1. The summed E-state index contributed by atoms with van der Waals surface area (Å²) < 4.78 is 0. The Hall–Kier alpha value is -3.76. The van der Waals surface area contributed by atoms with E-state index in [1.165, 1.54) is 6.92 Å². The average molecular weight is 385 g/mol. The number of anilines is 1. The minimum absolute atomic E-state index is 0.0297. The number of benzene rings is 1. The molecule has 6 N–H and O–H groups in total. The Morgan fingerprint density at radius 3 is 2.68 bits per heavy atom. The lowest BCUT2D eigenvalue weighted by atomic mass is 10.1. The highest BCUT2D eigenvalue weighted by Gasteiger charge is 2.33. The molecule has 0 aliphatic carbocycles. The van der Waals surface area contributed by atoms with Crippen molar-refractivity contribution in [1.29, 1.82) is 0 Å². The first kappa shape index (κ1) is 19.0. The first-order valence-electron chi connectivity index (χ1n) is 8.45. The molecule has 1 aromatic carbocycles. The average Bonchev–Trinajstić information content (AvgIpc) is 2.66. The molecule has 0 saturated carbocycles. The van der Waals surface area contributed by atoms with Gasteiger partial charge in [-0.05, 0) is 31.2 Å². The third kappa shape index (κ3) is 4.31. The Labute approximate surface area is 159 Å². The van der Waals surface area contributed by atoms with E-state index in [0.717, 1.165) is 5.69 Å². The van der Waals surface area contributed by atoms with Crippen LogP contribution in [0.3, 0.4) is 0 Å². The fourth-order valence-electron chi connectivity index (χ4n) is 2.56. The van der Waals surface area contributed by atoms with E-state index in [9.17, 15) is 14.4 Å². The molecular weight excluding hydrogens is 366 g/mol. The van der Waals surface area contributed by atoms with Gasteiger partial charge in [0.2, 0.25) is 0 Å². The first-order valence-corrected chi connectivity index (χ1v) is 8.45. The number of nitrogens with zero attached hydrogens (tertiary/aromatic N) is 3. The zero-order valence-corrected chi connectivity index (χ0v) is 14.9. The van der Waals surface area contributed by atoms with E-state index in [1.807, 2.05) is 0 Å². The fraction of sp³-hybridized carbons (Fsp3) is 0.294. The zero-order chi connectivity index (χ0) is 20.3. The van der Waals surface area contributed by atoms with Gasteiger partial charge in [-0.2, -0.15) is 0 Å². The van der Waals surface area contributed by atoms with Crippen molar-refractivity contribution in [3.8, 4) is 0 Å². The second kappa shape index (κ2) is 7.86. The van der Waals surface area contributed by atoms with E-state index in [4.69, 9.17) is 10.8 Å². The van der Waals surface area contributed by atoms with Crippen molar-refractivity contribution in [3.63, 3.8) is 0 Å².